The molecule has 1 aromatic rings. The molecule has 0 heterocycles. The van der Waals surface area contributed by atoms with Crippen LogP contribution in [0.3, 0.4) is 0 Å². The molecule has 0 aliphatic heterocycles. The predicted octanol–water partition coefficient (Wildman–Crippen LogP) is 3.64. The van der Waals surface area contributed by atoms with Crippen LogP contribution in [0.4, 0.5) is 0 Å². The summed E-state index contributed by atoms with van der Waals surface area (Å²) in [6.07, 6.45) is 0. The molecule has 0 saturated heterocycles. The molecule has 0 N–H and O–H groups in total. The molecule has 4 heteroatoms. The number of halogens is 3. The van der Waals surface area contributed by atoms with Crippen molar-refractivity contribution < 1.29 is 5.11 Å². The highest BCUT2D eigenvalue weighted by Crippen LogP contribution is 2.28. The lowest BCUT2D eigenvalue weighted by Crippen LogP contribution is -1.83. The molecule has 0 bridgehead atoms. The second-order valence-electron chi connectivity index (χ2n) is 1.67. The fourth-order valence-electron chi connectivity index (χ4n) is 0.508. The van der Waals surface area contributed by atoms with E-state index in [1.54, 1.807) is 6.07 Å². The van der Waals surface area contributed by atoms with Crippen LogP contribution in [0, 0.1) is 10.7 Å². The quantitative estimate of drug-likeness (QED) is 0.408. The molecule has 1 radical (unpaired) electrons. The second-order valence-corrected chi connectivity index (χ2v) is 4.99. The average molecular weight is 471 g/mol. The van der Waals surface area contributed by atoms with E-state index < -0.39 is 0 Å². The van der Waals surface area contributed by atoms with E-state index in [9.17, 15) is 5.11 Å². The van der Waals surface area contributed by atoms with Crippen LogP contribution < -0.4 is 0 Å². The second kappa shape index (κ2) is 3.74. The van der Waals surface area contributed by atoms with E-state index in [0.717, 1.165) is 10.7 Å². The van der Waals surface area contributed by atoms with Crippen molar-refractivity contribution in [3.05, 3.63) is 22.8 Å². The van der Waals surface area contributed by atoms with Crippen LogP contribution >= 0.6 is 67.8 Å². The summed E-state index contributed by atoms with van der Waals surface area (Å²) < 4.78 is 3.03. The molecule has 53 valence electrons. The molecule has 0 fully saturated rings. The van der Waals surface area contributed by atoms with Gasteiger partial charge in [-0.25, -0.2) is 0 Å². The Morgan fingerprint density at radius 2 is 1.60 bits per heavy atom. The van der Waals surface area contributed by atoms with Gasteiger partial charge in [-0.3, -0.25) is 5.11 Å². The largest absolute Gasteiger partial charge is 0.289 e. The highest BCUT2D eigenvalue weighted by molar-refractivity contribution is 14.1. The van der Waals surface area contributed by atoms with Gasteiger partial charge in [0.2, 0.25) is 0 Å². The summed E-state index contributed by atoms with van der Waals surface area (Å²) in [6, 6.07) is 3.44. The van der Waals surface area contributed by atoms with Crippen LogP contribution in [0.5, 0.6) is 5.75 Å². The molecule has 0 atom stereocenters. The Labute approximate surface area is 100 Å². The smallest absolute Gasteiger partial charge is 0.193 e. The summed E-state index contributed by atoms with van der Waals surface area (Å²) in [7, 11) is 0. The van der Waals surface area contributed by atoms with Crippen molar-refractivity contribution in [3.8, 4) is 5.75 Å². The molecule has 10 heavy (non-hydrogen) atoms. The van der Waals surface area contributed by atoms with Gasteiger partial charge < -0.3 is 0 Å². The number of rotatable bonds is 0. The standard InChI is InChI=1S/C6H2I3O/c7-3-1-2-4(10)6(9)5(3)8/h1-2H. The van der Waals surface area contributed by atoms with Gasteiger partial charge in [-0.2, -0.15) is 0 Å². The molecule has 0 spiro atoms. The average Bonchev–Trinajstić information content (AvgIpc) is 1.93. The minimum absolute atomic E-state index is 0.116. The van der Waals surface area contributed by atoms with Crippen molar-refractivity contribution >= 4 is 67.8 Å². The lowest BCUT2D eigenvalue weighted by molar-refractivity contribution is 0.351. The predicted molar refractivity (Wildman–Crippen MR) is 64.7 cm³/mol. The molecule has 1 rings (SSSR count). The molecule has 0 aliphatic rings. The van der Waals surface area contributed by atoms with Gasteiger partial charge >= 0.3 is 0 Å². The first kappa shape index (κ1) is 9.30. The summed E-state index contributed by atoms with van der Waals surface area (Å²) in [5, 5.41) is 11.0. The van der Waals surface area contributed by atoms with Crippen LogP contribution in [0.1, 0.15) is 0 Å². The summed E-state index contributed by atoms with van der Waals surface area (Å²) in [4.78, 5) is 0. The maximum atomic E-state index is 11.0. The van der Waals surface area contributed by atoms with E-state index in [4.69, 9.17) is 0 Å². The number of hydrogen-bond donors (Lipinski definition) is 0. The first-order chi connectivity index (χ1) is 4.63. The third-order valence-electron chi connectivity index (χ3n) is 1.000. The lowest BCUT2D eigenvalue weighted by atomic mass is 10.3. The van der Waals surface area contributed by atoms with Gasteiger partial charge in [0, 0.05) is 7.14 Å². The van der Waals surface area contributed by atoms with Crippen molar-refractivity contribution in [2.24, 2.45) is 0 Å². The van der Waals surface area contributed by atoms with Gasteiger partial charge in [0.15, 0.2) is 5.75 Å². The number of benzene rings is 1. The molecule has 1 aromatic carbocycles. The molecule has 0 saturated carbocycles. The van der Waals surface area contributed by atoms with Crippen molar-refractivity contribution in [2.45, 2.75) is 0 Å². The van der Waals surface area contributed by atoms with E-state index >= 15 is 0 Å². The SMILES string of the molecule is [O]c1ccc(I)c(I)c1I. The number of hydrogen-bond acceptors (Lipinski definition) is 0. The van der Waals surface area contributed by atoms with Crippen LogP contribution in [0.15, 0.2) is 12.1 Å². The Kier molecular flexibility index (Phi) is 3.48. The molecule has 0 amide bonds. The van der Waals surface area contributed by atoms with Crippen molar-refractivity contribution in [1.82, 2.24) is 0 Å². The Hall–Kier alpha value is 1.21. The minimum atomic E-state index is 0.116. The zero-order chi connectivity index (χ0) is 7.72. The van der Waals surface area contributed by atoms with Gasteiger partial charge in [-0.05, 0) is 79.9 Å². The third-order valence-corrected chi connectivity index (χ3v) is 6.15. The van der Waals surface area contributed by atoms with Crippen LogP contribution in [-0.4, -0.2) is 0 Å². The minimum Gasteiger partial charge on any atom is -0.289 e. The molecule has 1 nitrogen and oxygen atoms in total. The van der Waals surface area contributed by atoms with E-state index in [-0.39, 0.29) is 5.75 Å². The first-order valence-corrected chi connectivity index (χ1v) is 5.67. The zero-order valence-corrected chi connectivity index (χ0v) is 11.2. The van der Waals surface area contributed by atoms with Crippen molar-refractivity contribution in [1.29, 1.82) is 0 Å². The summed E-state index contributed by atoms with van der Waals surface area (Å²) in [6.45, 7) is 0. The monoisotopic (exact) mass is 471 g/mol. The van der Waals surface area contributed by atoms with Crippen LogP contribution in [0.25, 0.3) is 0 Å². The van der Waals surface area contributed by atoms with Crippen molar-refractivity contribution in [2.75, 3.05) is 0 Å². The zero-order valence-electron chi connectivity index (χ0n) is 4.70. The topological polar surface area (TPSA) is 19.9 Å². The normalized spacial score (nSPS) is 9.90. The van der Waals surface area contributed by atoms with Gasteiger partial charge in [0.25, 0.3) is 0 Å². The van der Waals surface area contributed by atoms with E-state index in [0.29, 0.717) is 0 Å². The Bertz CT molecular complexity index is 232. The molecular weight excluding hydrogens is 469 g/mol. The fraction of sp³-hybridized carbons (Fsp3) is 0. The highest BCUT2D eigenvalue weighted by atomic mass is 127. The maximum absolute atomic E-state index is 11.0. The molecule has 0 aliphatic carbocycles. The maximum Gasteiger partial charge on any atom is 0.193 e. The molecule has 0 unspecified atom stereocenters. The third kappa shape index (κ3) is 1.87. The highest BCUT2D eigenvalue weighted by Gasteiger charge is 2.06. The van der Waals surface area contributed by atoms with Crippen molar-refractivity contribution in [3.63, 3.8) is 0 Å². The summed E-state index contributed by atoms with van der Waals surface area (Å²) in [5.74, 6) is 0.116. The van der Waals surface area contributed by atoms with E-state index in [1.165, 1.54) is 0 Å². The van der Waals surface area contributed by atoms with Gasteiger partial charge in [0.05, 0.1) is 3.57 Å². The first-order valence-electron chi connectivity index (χ1n) is 2.43. The lowest BCUT2D eigenvalue weighted by Gasteiger charge is -1.98. The summed E-state index contributed by atoms with van der Waals surface area (Å²) in [5.41, 5.74) is 0. The van der Waals surface area contributed by atoms with E-state index in [1.807, 2.05) is 6.07 Å². The van der Waals surface area contributed by atoms with Gasteiger partial charge in [-0.1, -0.05) is 0 Å². The molecular formula is C6H2I3O. The van der Waals surface area contributed by atoms with E-state index in [2.05, 4.69) is 67.8 Å². The summed E-state index contributed by atoms with van der Waals surface area (Å²) >= 11 is 6.46. The fourth-order valence-corrected chi connectivity index (χ4v) is 2.39. The Morgan fingerprint density at radius 1 is 1.00 bits per heavy atom. The molecule has 0 aromatic heterocycles. The Morgan fingerprint density at radius 3 is 2.10 bits per heavy atom. The van der Waals surface area contributed by atoms with Gasteiger partial charge in [0.1, 0.15) is 0 Å². The van der Waals surface area contributed by atoms with Crippen LogP contribution in [-0.2, 0) is 5.11 Å². The van der Waals surface area contributed by atoms with Crippen LogP contribution in [0.2, 0.25) is 0 Å². The van der Waals surface area contributed by atoms with Gasteiger partial charge in [-0.15, -0.1) is 0 Å². The Balaban J connectivity index is 3.34.